The fourth-order valence-corrected chi connectivity index (χ4v) is 5.09. The van der Waals surface area contributed by atoms with Gasteiger partial charge in [-0.3, -0.25) is 0 Å². The Balaban J connectivity index is 1.87. The van der Waals surface area contributed by atoms with E-state index in [1.807, 2.05) is 0 Å². The molecule has 0 aromatic carbocycles. The van der Waals surface area contributed by atoms with E-state index in [4.69, 9.17) is 0 Å². The Kier molecular flexibility index (Phi) is 4.78. The van der Waals surface area contributed by atoms with Gasteiger partial charge in [0.1, 0.15) is 0 Å². The molecule has 0 heteroatoms. The van der Waals surface area contributed by atoms with Crippen molar-refractivity contribution in [1.82, 2.24) is 0 Å². The second-order valence-corrected chi connectivity index (χ2v) is 7.67. The first-order chi connectivity index (χ1) is 8.54. The first kappa shape index (κ1) is 14.4. The summed E-state index contributed by atoms with van der Waals surface area (Å²) in [6.45, 7) is 12.4. The maximum absolute atomic E-state index is 2.52. The van der Waals surface area contributed by atoms with Gasteiger partial charge in [0.15, 0.2) is 0 Å². The fourth-order valence-electron chi connectivity index (χ4n) is 5.09. The molecule has 6 atom stereocenters. The Labute approximate surface area is 115 Å². The van der Waals surface area contributed by atoms with E-state index in [0.29, 0.717) is 0 Å². The van der Waals surface area contributed by atoms with Crippen LogP contribution in [-0.2, 0) is 0 Å². The minimum atomic E-state index is 0.942. The van der Waals surface area contributed by atoms with Crippen molar-refractivity contribution in [2.24, 2.45) is 41.4 Å². The lowest BCUT2D eigenvalue weighted by atomic mass is 9.81. The summed E-state index contributed by atoms with van der Waals surface area (Å²) in [5, 5.41) is 0. The summed E-state index contributed by atoms with van der Waals surface area (Å²) in [6.07, 6.45) is 9.02. The molecule has 0 aromatic heterocycles. The van der Waals surface area contributed by atoms with Crippen molar-refractivity contribution in [3.05, 3.63) is 0 Å². The molecule has 2 saturated carbocycles. The van der Waals surface area contributed by atoms with Gasteiger partial charge in [0.2, 0.25) is 0 Å². The Hall–Kier alpha value is 0. The Morgan fingerprint density at radius 2 is 1.33 bits per heavy atom. The van der Waals surface area contributed by atoms with Crippen molar-refractivity contribution >= 4 is 0 Å². The van der Waals surface area contributed by atoms with E-state index in [-0.39, 0.29) is 0 Å². The summed E-state index contributed by atoms with van der Waals surface area (Å²) in [4.78, 5) is 0. The molecule has 0 radical (unpaired) electrons. The average molecular weight is 250 g/mol. The van der Waals surface area contributed by atoms with E-state index in [0.717, 1.165) is 41.4 Å². The lowest BCUT2D eigenvalue weighted by molar-refractivity contribution is 0.249. The zero-order chi connectivity index (χ0) is 13.3. The minimum absolute atomic E-state index is 0.942. The van der Waals surface area contributed by atoms with Gasteiger partial charge in [0, 0.05) is 0 Å². The smallest absolute Gasteiger partial charge is 0.0355 e. The van der Waals surface area contributed by atoms with Crippen LogP contribution in [0.4, 0.5) is 0 Å². The third kappa shape index (κ3) is 2.78. The van der Waals surface area contributed by atoms with Crippen LogP contribution in [0.15, 0.2) is 0 Å². The van der Waals surface area contributed by atoms with Gasteiger partial charge in [0.25, 0.3) is 0 Å². The van der Waals surface area contributed by atoms with Crippen LogP contribution in [0.1, 0.15) is 73.1 Å². The third-order valence-corrected chi connectivity index (χ3v) is 6.79. The van der Waals surface area contributed by atoms with Crippen LogP contribution in [0.25, 0.3) is 0 Å². The van der Waals surface area contributed by atoms with E-state index >= 15 is 0 Å². The topological polar surface area (TPSA) is 0 Å². The van der Waals surface area contributed by atoms with E-state index in [9.17, 15) is 0 Å². The second kappa shape index (κ2) is 5.97. The Morgan fingerprint density at radius 1 is 0.778 bits per heavy atom. The number of rotatable bonds is 4. The first-order valence-electron chi connectivity index (χ1n) is 8.54. The van der Waals surface area contributed by atoms with Crippen LogP contribution in [-0.4, -0.2) is 0 Å². The highest BCUT2D eigenvalue weighted by atomic mass is 14.5. The zero-order valence-corrected chi connectivity index (χ0v) is 13.3. The summed E-state index contributed by atoms with van der Waals surface area (Å²) in [7, 11) is 0. The molecule has 6 unspecified atom stereocenters. The molecule has 0 heterocycles. The van der Waals surface area contributed by atoms with E-state index in [1.54, 1.807) is 6.42 Å². The molecule has 2 aliphatic carbocycles. The van der Waals surface area contributed by atoms with Gasteiger partial charge in [-0.05, 0) is 54.3 Å². The van der Waals surface area contributed by atoms with E-state index in [2.05, 4.69) is 34.6 Å². The predicted octanol–water partition coefficient (Wildman–Crippen LogP) is 5.77. The van der Waals surface area contributed by atoms with Gasteiger partial charge in [-0.2, -0.15) is 0 Å². The van der Waals surface area contributed by atoms with Gasteiger partial charge < -0.3 is 0 Å². The van der Waals surface area contributed by atoms with Gasteiger partial charge in [-0.15, -0.1) is 0 Å². The molecule has 0 aromatic rings. The summed E-state index contributed by atoms with van der Waals surface area (Å²) < 4.78 is 0. The number of hydrogen-bond acceptors (Lipinski definition) is 0. The van der Waals surface area contributed by atoms with Crippen molar-refractivity contribution < 1.29 is 0 Å². The molecular weight excluding hydrogens is 216 g/mol. The van der Waals surface area contributed by atoms with Crippen molar-refractivity contribution in [1.29, 1.82) is 0 Å². The molecule has 106 valence electrons. The highest BCUT2D eigenvalue weighted by Crippen LogP contribution is 2.50. The maximum atomic E-state index is 2.52. The van der Waals surface area contributed by atoms with Crippen molar-refractivity contribution in [3.63, 3.8) is 0 Å². The molecular formula is C18H34. The highest BCUT2D eigenvalue weighted by Gasteiger charge is 2.42. The van der Waals surface area contributed by atoms with Gasteiger partial charge >= 0.3 is 0 Å². The van der Waals surface area contributed by atoms with Crippen molar-refractivity contribution in [2.45, 2.75) is 73.1 Å². The van der Waals surface area contributed by atoms with Crippen LogP contribution in [0.3, 0.4) is 0 Å². The van der Waals surface area contributed by atoms with E-state index in [1.165, 1.54) is 32.1 Å². The second-order valence-electron chi connectivity index (χ2n) is 7.67. The molecule has 0 saturated heterocycles. The van der Waals surface area contributed by atoms with Crippen LogP contribution < -0.4 is 0 Å². The molecule has 0 N–H and O–H groups in total. The molecule has 0 spiro atoms. The summed E-state index contributed by atoms with van der Waals surface area (Å²) in [5.41, 5.74) is 0. The average Bonchev–Trinajstić information content (AvgIpc) is 2.86. The summed E-state index contributed by atoms with van der Waals surface area (Å²) >= 11 is 0. The predicted molar refractivity (Wildman–Crippen MR) is 80.5 cm³/mol. The lowest BCUT2D eigenvalue weighted by Crippen LogP contribution is -2.16. The normalized spacial score (nSPS) is 48.8. The van der Waals surface area contributed by atoms with Gasteiger partial charge in [-0.25, -0.2) is 0 Å². The molecule has 0 aliphatic heterocycles. The summed E-state index contributed by atoms with van der Waals surface area (Å²) in [6, 6.07) is 0. The van der Waals surface area contributed by atoms with Gasteiger partial charge in [0.05, 0.1) is 0 Å². The third-order valence-electron chi connectivity index (χ3n) is 6.79. The molecule has 2 rings (SSSR count). The molecule has 0 nitrogen and oxygen atoms in total. The van der Waals surface area contributed by atoms with Crippen LogP contribution in [0.2, 0.25) is 0 Å². The lowest BCUT2D eigenvalue weighted by Gasteiger charge is -2.25. The standard InChI is InChI=1S/C18H34/c1-6-7-16-8-9-17(10-16)11-18-14(4)12(2)13(3)15(18)5/h12-18H,6-11H2,1-5H3. The SMILES string of the molecule is CCCC1CCC(CC2C(C)C(C)C(C)C2C)C1. The molecule has 0 bridgehead atoms. The highest BCUT2D eigenvalue weighted by molar-refractivity contribution is 4.91. The maximum Gasteiger partial charge on any atom is -0.0355 e. The van der Waals surface area contributed by atoms with Crippen molar-refractivity contribution in [3.8, 4) is 0 Å². The van der Waals surface area contributed by atoms with Crippen LogP contribution >= 0.6 is 0 Å². The molecule has 0 amide bonds. The van der Waals surface area contributed by atoms with Crippen molar-refractivity contribution in [2.75, 3.05) is 0 Å². The quantitative estimate of drug-likeness (QED) is 0.594. The van der Waals surface area contributed by atoms with Crippen LogP contribution in [0.5, 0.6) is 0 Å². The monoisotopic (exact) mass is 250 g/mol. The molecule has 2 fully saturated rings. The largest absolute Gasteiger partial charge is 0.0654 e. The molecule has 18 heavy (non-hydrogen) atoms. The minimum Gasteiger partial charge on any atom is -0.0654 e. The zero-order valence-electron chi connectivity index (χ0n) is 13.3. The Bertz CT molecular complexity index is 243. The number of hydrogen-bond donors (Lipinski definition) is 0. The van der Waals surface area contributed by atoms with Crippen LogP contribution in [0, 0.1) is 41.4 Å². The first-order valence-corrected chi connectivity index (χ1v) is 8.54. The Morgan fingerprint density at radius 3 is 1.89 bits per heavy atom. The summed E-state index contributed by atoms with van der Waals surface area (Å²) in [5.74, 6) is 6.95. The van der Waals surface area contributed by atoms with Gasteiger partial charge in [-0.1, -0.05) is 60.3 Å². The molecule has 2 aliphatic rings. The fraction of sp³-hybridized carbons (Fsp3) is 1.00. The van der Waals surface area contributed by atoms with E-state index < -0.39 is 0 Å².